The van der Waals surface area contributed by atoms with E-state index in [0.29, 0.717) is 65.0 Å². The maximum atomic E-state index is 14.9. The zero-order chi connectivity index (χ0) is 36.8. The molecule has 0 aromatic heterocycles. The number of allylic oxidation sites excluding steroid dienone is 2. The molecule has 6 rings (SSSR count). The Morgan fingerprint density at radius 2 is 1.43 bits per heavy atom. The van der Waals surface area contributed by atoms with Crippen LogP contribution in [0.3, 0.4) is 0 Å². The van der Waals surface area contributed by atoms with Crippen molar-refractivity contribution in [3.8, 4) is 0 Å². The minimum atomic E-state index is -0.936. The van der Waals surface area contributed by atoms with Crippen LogP contribution in [0.1, 0.15) is 95.1 Å². The van der Waals surface area contributed by atoms with Gasteiger partial charge < -0.3 is 24.5 Å². The summed E-state index contributed by atoms with van der Waals surface area (Å²) >= 11 is 0. The predicted octanol–water partition coefficient (Wildman–Crippen LogP) is 7.18. The van der Waals surface area contributed by atoms with Crippen molar-refractivity contribution in [2.75, 3.05) is 39.3 Å². The van der Waals surface area contributed by atoms with Crippen LogP contribution in [0.2, 0.25) is 0 Å². The highest BCUT2D eigenvalue weighted by Crippen LogP contribution is 2.55. The van der Waals surface area contributed by atoms with Crippen LogP contribution in [-0.2, 0) is 19.7 Å². The van der Waals surface area contributed by atoms with Crippen LogP contribution in [0.25, 0.3) is 5.57 Å². The summed E-state index contributed by atoms with van der Waals surface area (Å²) in [7, 11) is 0. The fraction of sp³-hybridized carbons (Fsp3) is 0.524. The molecule has 1 atom stereocenters. The number of hydrogen-bond acceptors (Lipinski definition) is 5. The molecule has 272 valence electrons. The highest BCUT2D eigenvalue weighted by atomic mass is 16.6. The lowest BCUT2D eigenvalue weighted by Gasteiger charge is -2.52. The summed E-state index contributed by atoms with van der Waals surface area (Å²) in [6.45, 7) is 15.4. The number of fused-ring (bicyclic) bond motifs is 1. The summed E-state index contributed by atoms with van der Waals surface area (Å²) in [5, 5.41) is 9.38. The number of likely N-dealkylation sites (tertiary alicyclic amines) is 2. The number of ether oxygens (including phenoxy) is 1. The van der Waals surface area contributed by atoms with Gasteiger partial charge in [-0.1, -0.05) is 81.0 Å². The number of carbonyl (C=O) groups is 4. The van der Waals surface area contributed by atoms with Crippen LogP contribution in [0.4, 0.5) is 4.79 Å². The summed E-state index contributed by atoms with van der Waals surface area (Å²) in [6.07, 6.45) is 7.31. The van der Waals surface area contributed by atoms with Gasteiger partial charge in [-0.2, -0.15) is 0 Å². The molecule has 1 N–H and O–H groups in total. The van der Waals surface area contributed by atoms with E-state index >= 15 is 0 Å². The standard InChI is InChI=1S/C42H53N3O6/c1-39(2,3)51-38(50)44-23-17-30(18-24-44)35(46)43-26-21-42(22-27-43,32-10-8-7-9-11-32)37(49)45-25-19-34-40(4,5)33(16-20-41(34,6)28-45)29-12-14-31(15-13-29)36(47)48/h7-16,19,30H,17-18,20-28H2,1-6H3,(H,47,48)/t41-/m1/s1. The molecule has 2 aromatic carbocycles. The van der Waals surface area contributed by atoms with Crippen LogP contribution < -0.4 is 0 Å². The van der Waals surface area contributed by atoms with E-state index in [1.807, 2.05) is 60.9 Å². The van der Waals surface area contributed by atoms with Crippen LogP contribution in [0.5, 0.6) is 0 Å². The number of hydrogen-bond donors (Lipinski definition) is 1. The number of carboxylic acids is 1. The third kappa shape index (κ3) is 7.09. The fourth-order valence-electron chi connectivity index (χ4n) is 9.04. The van der Waals surface area contributed by atoms with Gasteiger partial charge in [0.25, 0.3) is 0 Å². The van der Waals surface area contributed by atoms with Gasteiger partial charge in [0, 0.05) is 56.0 Å². The van der Waals surface area contributed by atoms with Crippen molar-refractivity contribution < 1.29 is 29.0 Å². The fourth-order valence-corrected chi connectivity index (χ4v) is 9.04. The molecule has 2 fully saturated rings. The maximum Gasteiger partial charge on any atom is 0.410 e. The topological polar surface area (TPSA) is 107 Å². The molecule has 3 amide bonds. The van der Waals surface area contributed by atoms with Gasteiger partial charge in [0.15, 0.2) is 0 Å². The first kappa shape index (κ1) is 36.4. The Balaban J connectivity index is 1.16. The third-order valence-electron chi connectivity index (χ3n) is 11.7. The van der Waals surface area contributed by atoms with Gasteiger partial charge in [0.1, 0.15) is 5.60 Å². The van der Waals surface area contributed by atoms with Crippen molar-refractivity contribution >= 4 is 29.5 Å². The van der Waals surface area contributed by atoms with Crippen LogP contribution in [0.15, 0.2) is 72.3 Å². The molecule has 0 bridgehead atoms. The summed E-state index contributed by atoms with van der Waals surface area (Å²) in [6, 6.07) is 17.2. The molecular formula is C42H53N3O6. The lowest BCUT2D eigenvalue weighted by atomic mass is 9.58. The van der Waals surface area contributed by atoms with Gasteiger partial charge in [-0.3, -0.25) is 9.59 Å². The van der Waals surface area contributed by atoms with Crippen LogP contribution >= 0.6 is 0 Å². The van der Waals surface area contributed by atoms with Crippen molar-refractivity contribution in [2.24, 2.45) is 16.7 Å². The number of benzene rings is 2. The molecule has 9 heteroatoms. The highest BCUT2D eigenvalue weighted by Gasteiger charge is 2.51. The number of piperidine rings is 2. The van der Waals surface area contributed by atoms with E-state index in [1.165, 1.54) is 11.1 Å². The van der Waals surface area contributed by atoms with E-state index in [2.05, 4.69) is 45.1 Å². The second kappa shape index (κ2) is 13.6. The largest absolute Gasteiger partial charge is 0.478 e. The van der Waals surface area contributed by atoms with Gasteiger partial charge >= 0.3 is 12.1 Å². The Labute approximate surface area is 302 Å². The summed E-state index contributed by atoms with van der Waals surface area (Å²) in [5.41, 5.74) is 2.96. The monoisotopic (exact) mass is 695 g/mol. The van der Waals surface area contributed by atoms with Crippen molar-refractivity contribution in [2.45, 2.75) is 84.7 Å². The number of carboxylic acid groups (broad SMARTS) is 1. The first-order valence-electron chi connectivity index (χ1n) is 18.4. The minimum Gasteiger partial charge on any atom is -0.478 e. The first-order valence-corrected chi connectivity index (χ1v) is 18.4. The molecule has 0 unspecified atom stereocenters. The van der Waals surface area contributed by atoms with E-state index in [1.54, 1.807) is 17.0 Å². The zero-order valence-electron chi connectivity index (χ0n) is 31.0. The van der Waals surface area contributed by atoms with Crippen LogP contribution in [0, 0.1) is 16.7 Å². The molecule has 1 aliphatic carbocycles. The van der Waals surface area contributed by atoms with Crippen LogP contribution in [-0.4, -0.2) is 88.6 Å². The molecule has 2 saturated heterocycles. The number of carbonyl (C=O) groups excluding carboxylic acids is 3. The van der Waals surface area contributed by atoms with Crippen molar-refractivity contribution in [3.05, 3.63) is 89.0 Å². The molecule has 2 aromatic rings. The molecule has 0 saturated carbocycles. The summed E-state index contributed by atoms with van der Waals surface area (Å²) in [5.74, 6) is -0.832. The molecule has 9 nitrogen and oxygen atoms in total. The average Bonchev–Trinajstić information content (AvgIpc) is 3.10. The smallest absolute Gasteiger partial charge is 0.410 e. The number of amides is 3. The van der Waals surface area contributed by atoms with Crippen molar-refractivity contribution in [3.63, 3.8) is 0 Å². The second-order valence-corrected chi connectivity index (χ2v) is 16.7. The van der Waals surface area contributed by atoms with Gasteiger partial charge in [-0.25, -0.2) is 9.59 Å². The third-order valence-corrected chi connectivity index (χ3v) is 11.7. The van der Waals surface area contributed by atoms with Gasteiger partial charge in [-0.15, -0.1) is 0 Å². The summed E-state index contributed by atoms with van der Waals surface area (Å²) in [4.78, 5) is 58.4. The quantitative estimate of drug-likeness (QED) is 0.332. The Bertz CT molecular complexity index is 1720. The first-order chi connectivity index (χ1) is 24.0. The summed E-state index contributed by atoms with van der Waals surface area (Å²) < 4.78 is 5.54. The Morgan fingerprint density at radius 1 is 0.804 bits per heavy atom. The molecule has 3 aliphatic heterocycles. The second-order valence-electron chi connectivity index (χ2n) is 16.7. The van der Waals surface area contributed by atoms with E-state index < -0.39 is 17.0 Å². The van der Waals surface area contributed by atoms with E-state index in [0.717, 1.165) is 17.5 Å². The van der Waals surface area contributed by atoms with E-state index in [9.17, 15) is 24.3 Å². The lowest BCUT2D eigenvalue weighted by molar-refractivity contribution is -0.146. The SMILES string of the molecule is CC(C)(C)OC(=O)N1CCC(C(=O)N2CCC(C(=O)N3CC=C4C(C)(C)C(c5ccc(C(=O)O)cc5)=CC[C@]4(C)C3)(c3ccccc3)CC2)CC1. The molecule has 3 heterocycles. The normalized spacial score (nSPS) is 23.5. The van der Waals surface area contributed by atoms with Crippen molar-refractivity contribution in [1.82, 2.24) is 14.7 Å². The Hall–Kier alpha value is -4.40. The Morgan fingerprint density at radius 3 is 2.02 bits per heavy atom. The van der Waals surface area contributed by atoms with Crippen molar-refractivity contribution in [1.29, 1.82) is 0 Å². The lowest BCUT2D eigenvalue weighted by Crippen LogP contribution is -2.58. The van der Waals surface area contributed by atoms with E-state index in [4.69, 9.17) is 4.74 Å². The van der Waals surface area contributed by atoms with Gasteiger partial charge in [0.05, 0.1) is 11.0 Å². The van der Waals surface area contributed by atoms with Gasteiger partial charge in [-0.05, 0) is 81.7 Å². The zero-order valence-corrected chi connectivity index (χ0v) is 31.0. The minimum absolute atomic E-state index is 0.121. The highest BCUT2D eigenvalue weighted by molar-refractivity contribution is 5.90. The predicted molar refractivity (Wildman–Crippen MR) is 197 cm³/mol. The number of aromatic carboxylic acids is 1. The molecule has 0 radical (unpaired) electrons. The number of nitrogens with zero attached hydrogens (tertiary/aromatic N) is 3. The molecule has 51 heavy (non-hydrogen) atoms. The van der Waals surface area contributed by atoms with Gasteiger partial charge in [0.2, 0.25) is 11.8 Å². The molecule has 0 spiro atoms. The van der Waals surface area contributed by atoms with E-state index in [-0.39, 0.29) is 40.2 Å². The number of rotatable bonds is 5. The Kier molecular flexibility index (Phi) is 9.72. The average molecular weight is 696 g/mol. The maximum absolute atomic E-state index is 14.9. The molecular weight excluding hydrogens is 642 g/mol. The molecule has 4 aliphatic rings.